The first-order valence-electron chi connectivity index (χ1n) is 9.35. The first kappa shape index (κ1) is 19.9. The van der Waals surface area contributed by atoms with Crippen LogP contribution in [0.4, 0.5) is 19.0 Å². The van der Waals surface area contributed by atoms with Gasteiger partial charge in [-0.2, -0.15) is 13.2 Å². The number of nitrogens with zero attached hydrogens (tertiary/aromatic N) is 1. The minimum Gasteiger partial charge on any atom is -0.399 e. The van der Waals surface area contributed by atoms with Gasteiger partial charge in [-0.3, -0.25) is 5.84 Å². The number of benzene rings is 1. The van der Waals surface area contributed by atoms with E-state index < -0.39 is 18.1 Å². The Kier molecular flexibility index (Phi) is 4.73. The quantitative estimate of drug-likeness (QED) is 0.270. The van der Waals surface area contributed by atoms with Crippen LogP contribution < -0.4 is 28.1 Å². The van der Waals surface area contributed by atoms with E-state index in [-0.39, 0.29) is 11.5 Å². The van der Waals surface area contributed by atoms with Gasteiger partial charge in [0.25, 0.3) is 0 Å². The Balaban J connectivity index is 1.91. The summed E-state index contributed by atoms with van der Waals surface area (Å²) in [6.07, 6.45) is -0.434. The molecule has 1 aromatic carbocycles. The van der Waals surface area contributed by atoms with Crippen LogP contribution in [0.1, 0.15) is 24.0 Å². The molecule has 0 radical (unpaired) electrons. The van der Waals surface area contributed by atoms with Gasteiger partial charge in [0.05, 0.1) is 16.6 Å². The van der Waals surface area contributed by atoms with Gasteiger partial charge in [0.1, 0.15) is 11.9 Å². The van der Waals surface area contributed by atoms with Crippen LogP contribution in [0.3, 0.4) is 0 Å². The first-order chi connectivity index (χ1) is 14.2. The molecule has 1 fully saturated rings. The molecule has 9 N–H and O–H groups in total. The van der Waals surface area contributed by atoms with Crippen LogP contribution in [-0.4, -0.2) is 22.2 Å². The number of hydrogen-bond donors (Lipinski definition) is 6. The minimum atomic E-state index is -4.38. The van der Waals surface area contributed by atoms with Crippen LogP contribution in [0.15, 0.2) is 37.2 Å². The number of nitrogens with two attached hydrogens (primary N) is 3. The molecule has 1 saturated carbocycles. The van der Waals surface area contributed by atoms with Gasteiger partial charge in [-0.25, -0.2) is 4.98 Å². The Labute approximate surface area is 170 Å². The van der Waals surface area contributed by atoms with Crippen LogP contribution in [0.25, 0.3) is 33.2 Å². The topological polar surface area (TPSA) is 131 Å². The van der Waals surface area contributed by atoms with Gasteiger partial charge in [0.15, 0.2) is 0 Å². The van der Waals surface area contributed by atoms with Gasteiger partial charge in [-0.05, 0) is 24.8 Å². The number of anilines is 1. The largest absolute Gasteiger partial charge is 0.408 e. The van der Waals surface area contributed by atoms with Gasteiger partial charge in [0.2, 0.25) is 0 Å². The second-order valence-corrected chi connectivity index (χ2v) is 7.45. The molecule has 30 heavy (non-hydrogen) atoms. The molecule has 7 nitrogen and oxygen atoms in total. The molecule has 4 rings (SSSR count). The second kappa shape index (κ2) is 7.13. The van der Waals surface area contributed by atoms with Crippen molar-refractivity contribution in [3.63, 3.8) is 0 Å². The van der Waals surface area contributed by atoms with Crippen molar-refractivity contribution in [2.24, 2.45) is 23.2 Å². The molecule has 0 spiro atoms. The van der Waals surface area contributed by atoms with Gasteiger partial charge in [-0.15, -0.1) is 0 Å². The number of fused-ring (bicyclic) bond motifs is 3. The zero-order valence-corrected chi connectivity index (χ0v) is 16.0. The Morgan fingerprint density at radius 2 is 2.03 bits per heavy atom. The van der Waals surface area contributed by atoms with E-state index in [0.29, 0.717) is 51.5 Å². The molecule has 158 valence electrons. The summed E-state index contributed by atoms with van der Waals surface area (Å²) in [5, 5.41) is 3.85. The maximum atomic E-state index is 13.6. The maximum absolute atomic E-state index is 13.6. The third-order valence-corrected chi connectivity index (χ3v) is 5.28. The van der Waals surface area contributed by atoms with E-state index >= 15 is 0 Å². The predicted octanol–water partition coefficient (Wildman–Crippen LogP) is 3.12. The highest BCUT2D eigenvalue weighted by atomic mass is 19.4. The summed E-state index contributed by atoms with van der Waals surface area (Å²) >= 11 is 0. The fourth-order valence-corrected chi connectivity index (χ4v) is 3.65. The monoisotopic (exact) mass is 417 g/mol. The average molecular weight is 417 g/mol. The number of alkyl halides is 3. The highest BCUT2D eigenvalue weighted by Gasteiger charge is 2.49. The lowest BCUT2D eigenvalue weighted by atomic mass is 10.1. The summed E-state index contributed by atoms with van der Waals surface area (Å²) < 4.78 is 40.8. The lowest BCUT2D eigenvalue weighted by molar-refractivity contribution is -0.146. The van der Waals surface area contributed by atoms with Crippen molar-refractivity contribution >= 4 is 39.0 Å². The molecule has 1 aliphatic carbocycles. The van der Waals surface area contributed by atoms with Crippen LogP contribution in [0.2, 0.25) is 0 Å². The zero-order chi connectivity index (χ0) is 21.6. The summed E-state index contributed by atoms with van der Waals surface area (Å²) in [4.78, 5) is 7.49. The van der Waals surface area contributed by atoms with Gasteiger partial charge < -0.3 is 27.2 Å². The molecular weight excluding hydrogens is 395 g/mol. The summed E-state index contributed by atoms with van der Waals surface area (Å²) in [5.41, 5.74) is 17.3. The molecule has 0 amide bonds. The van der Waals surface area contributed by atoms with E-state index in [9.17, 15) is 13.2 Å². The number of pyridine rings is 1. The fourth-order valence-electron chi connectivity index (χ4n) is 3.65. The van der Waals surface area contributed by atoms with E-state index in [4.69, 9.17) is 17.3 Å². The van der Waals surface area contributed by atoms with Crippen LogP contribution in [-0.2, 0) is 0 Å². The minimum absolute atomic E-state index is 0.148. The molecule has 1 unspecified atom stereocenters. The summed E-state index contributed by atoms with van der Waals surface area (Å²) in [6, 6.07) is 3.66. The Morgan fingerprint density at radius 3 is 2.63 bits per heavy atom. The molecular formula is C20H22F3N7. The number of H-pyrrole nitrogens is 1. The summed E-state index contributed by atoms with van der Waals surface area (Å²) in [7, 11) is 0. The van der Waals surface area contributed by atoms with E-state index in [1.807, 2.05) is 0 Å². The van der Waals surface area contributed by atoms with Crippen molar-refractivity contribution in [2.75, 3.05) is 5.32 Å². The molecule has 10 heteroatoms. The Hall–Kier alpha value is -3.40. The van der Waals surface area contributed by atoms with E-state index in [0.717, 1.165) is 0 Å². The maximum Gasteiger partial charge on any atom is 0.408 e. The van der Waals surface area contributed by atoms with Gasteiger partial charge in [0, 0.05) is 40.1 Å². The lowest BCUT2D eigenvalue weighted by Gasteiger charge is -2.22. The van der Waals surface area contributed by atoms with Crippen LogP contribution >= 0.6 is 0 Å². The number of aromatic nitrogens is 2. The van der Waals surface area contributed by atoms with Crippen molar-refractivity contribution in [2.45, 2.75) is 25.1 Å². The zero-order valence-electron chi connectivity index (χ0n) is 16.0. The van der Waals surface area contributed by atoms with Crippen molar-refractivity contribution < 1.29 is 13.2 Å². The highest BCUT2D eigenvalue weighted by Crippen LogP contribution is 2.43. The molecule has 3 aromatic rings. The van der Waals surface area contributed by atoms with E-state index in [1.54, 1.807) is 18.2 Å². The standard InChI is InChI=1S/C20H22F3N7/c1-9(24)13-7-27-19(30-18(10-2-3-10)20(21,22)23)16-12-5-4-11(14(25)8-28-26)6-15(12)29-17(13)16/h4-8,10,18,28-29H,1-3,24-26H2,(H,27,30)/b14-8-. The van der Waals surface area contributed by atoms with Crippen LogP contribution in [0, 0.1) is 5.92 Å². The third kappa shape index (κ3) is 3.50. The van der Waals surface area contributed by atoms with Gasteiger partial charge in [-0.1, -0.05) is 18.7 Å². The molecule has 0 bridgehead atoms. The Morgan fingerprint density at radius 1 is 1.30 bits per heavy atom. The molecule has 2 aromatic heterocycles. The van der Waals surface area contributed by atoms with E-state index in [2.05, 4.69) is 27.3 Å². The normalized spacial score (nSPS) is 16.1. The number of aromatic amines is 1. The van der Waals surface area contributed by atoms with E-state index in [1.165, 1.54) is 12.4 Å². The third-order valence-electron chi connectivity index (χ3n) is 5.28. The number of nitrogens with one attached hydrogen (secondary N) is 3. The molecule has 0 saturated heterocycles. The highest BCUT2D eigenvalue weighted by molar-refractivity contribution is 6.15. The van der Waals surface area contributed by atoms with Gasteiger partial charge >= 0.3 is 6.18 Å². The summed E-state index contributed by atoms with van der Waals surface area (Å²) in [6.45, 7) is 3.75. The molecule has 1 aliphatic rings. The Bertz CT molecular complexity index is 1160. The second-order valence-electron chi connectivity index (χ2n) is 7.45. The average Bonchev–Trinajstić information content (AvgIpc) is 3.43. The SMILES string of the molecule is C=C(N)c1cnc(NC(C2CC2)C(F)(F)F)c2c1[nH]c1cc(/C(N)=C/NN)ccc12. The number of rotatable bonds is 6. The van der Waals surface area contributed by atoms with Crippen LogP contribution in [0.5, 0.6) is 0 Å². The lowest BCUT2D eigenvalue weighted by Crippen LogP contribution is -2.38. The number of halogens is 3. The summed E-state index contributed by atoms with van der Waals surface area (Å²) in [5.74, 6) is 4.98. The molecule has 2 heterocycles. The van der Waals surface area contributed by atoms with Crippen molar-refractivity contribution in [3.8, 4) is 0 Å². The fraction of sp³-hybridized carbons (Fsp3) is 0.250. The predicted molar refractivity (Wildman–Crippen MR) is 112 cm³/mol. The first-order valence-corrected chi connectivity index (χ1v) is 9.35. The molecule has 0 aliphatic heterocycles. The van der Waals surface area contributed by atoms with Crippen molar-refractivity contribution in [1.29, 1.82) is 0 Å². The smallest absolute Gasteiger partial charge is 0.399 e. The van der Waals surface area contributed by atoms with Crippen molar-refractivity contribution in [3.05, 3.63) is 48.3 Å². The van der Waals surface area contributed by atoms with Crippen molar-refractivity contribution in [1.82, 2.24) is 15.4 Å². The molecule has 1 atom stereocenters. The number of hydrazine groups is 1. The number of hydrogen-bond acceptors (Lipinski definition) is 6.